The summed E-state index contributed by atoms with van der Waals surface area (Å²) >= 11 is 6.05. The SMILES string of the molecule is CC(=O)NC1(C)CCC(Nc2nc(-c3c[nH]c4ncc(Cl)cc34)ncc2F)C1. The van der Waals surface area contributed by atoms with E-state index in [2.05, 4.69) is 30.6 Å². The summed E-state index contributed by atoms with van der Waals surface area (Å²) in [6.07, 6.45) is 6.75. The van der Waals surface area contributed by atoms with Crippen molar-refractivity contribution >= 4 is 34.4 Å². The average Bonchev–Trinajstić information content (AvgIpc) is 3.19. The Labute approximate surface area is 166 Å². The second kappa shape index (κ2) is 7.01. The number of fused-ring (bicyclic) bond motifs is 1. The number of rotatable bonds is 4. The van der Waals surface area contributed by atoms with Crippen LogP contribution >= 0.6 is 11.6 Å². The highest BCUT2D eigenvalue weighted by atomic mass is 35.5. The van der Waals surface area contributed by atoms with E-state index in [1.165, 1.54) is 6.92 Å². The number of carbonyl (C=O) groups is 1. The number of hydrogen-bond acceptors (Lipinski definition) is 5. The zero-order chi connectivity index (χ0) is 19.9. The third-order valence-corrected chi connectivity index (χ3v) is 5.25. The molecular weight excluding hydrogens is 383 g/mol. The molecule has 1 aliphatic carbocycles. The molecule has 7 nitrogen and oxygen atoms in total. The lowest BCUT2D eigenvalue weighted by Gasteiger charge is -2.25. The molecule has 9 heteroatoms. The Morgan fingerprint density at radius 2 is 2.21 bits per heavy atom. The average molecular weight is 403 g/mol. The molecule has 3 heterocycles. The number of amides is 1. The zero-order valence-electron chi connectivity index (χ0n) is 15.5. The topological polar surface area (TPSA) is 95.6 Å². The predicted molar refractivity (Wildman–Crippen MR) is 106 cm³/mol. The highest BCUT2D eigenvalue weighted by Crippen LogP contribution is 2.33. The van der Waals surface area contributed by atoms with Gasteiger partial charge < -0.3 is 15.6 Å². The minimum Gasteiger partial charge on any atom is -0.365 e. The molecule has 0 bridgehead atoms. The van der Waals surface area contributed by atoms with Gasteiger partial charge in [-0.15, -0.1) is 0 Å². The Morgan fingerprint density at radius 3 is 3.00 bits per heavy atom. The van der Waals surface area contributed by atoms with E-state index in [0.717, 1.165) is 24.4 Å². The molecule has 3 aromatic heterocycles. The summed E-state index contributed by atoms with van der Waals surface area (Å²) < 4.78 is 14.3. The number of halogens is 2. The van der Waals surface area contributed by atoms with Crippen molar-refractivity contribution in [1.82, 2.24) is 25.3 Å². The first-order valence-corrected chi connectivity index (χ1v) is 9.42. The molecule has 0 radical (unpaired) electrons. The minimum atomic E-state index is -0.520. The standard InChI is InChI=1S/C19H20ClFN6O/c1-10(28)27-19(2)4-3-12(6-19)25-18-15(21)9-24-17(26-18)14-8-23-16-13(14)5-11(20)7-22-16/h5,7-9,12H,3-4,6H2,1-2H3,(H,22,23)(H,27,28)(H,24,25,26). The number of nitrogens with zero attached hydrogens (tertiary/aromatic N) is 3. The number of hydrogen-bond donors (Lipinski definition) is 3. The largest absolute Gasteiger partial charge is 0.365 e. The minimum absolute atomic E-state index is 0.00757. The molecule has 28 heavy (non-hydrogen) atoms. The summed E-state index contributed by atoms with van der Waals surface area (Å²) in [4.78, 5) is 27.2. The molecule has 0 aromatic carbocycles. The van der Waals surface area contributed by atoms with Crippen molar-refractivity contribution in [2.24, 2.45) is 0 Å². The molecule has 2 atom stereocenters. The van der Waals surface area contributed by atoms with Gasteiger partial charge in [-0.3, -0.25) is 4.79 Å². The lowest BCUT2D eigenvalue weighted by molar-refractivity contribution is -0.120. The first-order valence-electron chi connectivity index (χ1n) is 9.04. The number of carbonyl (C=O) groups excluding carboxylic acids is 1. The van der Waals surface area contributed by atoms with Gasteiger partial charge in [0.05, 0.1) is 11.2 Å². The van der Waals surface area contributed by atoms with Crippen LogP contribution in [0.4, 0.5) is 10.2 Å². The van der Waals surface area contributed by atoms with E-state index in [-0.39, 0.29) is 23.3 Å². The first kappa shape index (κ1) is 18.6. The van der Waals surface area contributed by atoms with Crippen LogP contribution in [0.2, 0.25) is 5.02 Å². The van der Waals surface area contributed by atoms with Crippen LogP contribution in [-0.2, 0) is 4.79 Å². The van der Waals surface area contributed by atoms with E-state index >= 15 is 0 Å². The van der Waals surface area contributed by atoms with E-state index in [1.54, 1.807) is 18.5 Å². The fourth-order valence-corrected chi connectivity index (χ4v) is 4.01. The maximum atomic E-state index is 14.3. The van der Waals surface area contributed by atoms with Crippen molar-refractivity contribution in [2.75, 3.05) is 5.32 Å². The van der Waals surface area contributed by atoms with E-state index in [0.29, 0.717) is 28.5 Å². The Bertz CT molecular complexity index is 1050. The van der Waals surface area contributed by atoms with Crippen molar-refractivity contribution < 1.29 is 9.18 Å². The molecular formula is C19H20ClFN6O. The molecule has 4 rings (SSSR count). The summed E-state index contributed by atoms with van der Waals surface area (Å²) in [5.41, 5.74) is 1.06. The van der Waals surface area contributed by atoms with Gasteiger partial charge in [-0.25, -0.2) is 19.3 Å². The Balaban J connectivity index is 1.60. The number of pyridine rings is 1. The summed E-state index contributed by atoms with van der Waals surface area (Å²) in [6.45, 7) is 3.51. The lowest BCUT2D eigenvalue weighted by Crippen LogP contribution is -2.43. The lowest BCUT2D eigenvalue weighted by atomic mass is 10.0. The van der Waals surface area contributed by atoms with Crippen molar-refractivity contribution in [3.05, 3.63) is 35.5 Å². The molecule has 3 N–H and O–H groups in total. The number of H-pyrrole nitrogens is 1. The second-order valence-corrected chi connectivity index (χ2v) is 7.90. The number of aromatic nitrogens is 4. The van der Waals surface area contributed by atoms with E-state index in [1.807, 2.05) is 6.92 Å². The van der Waals surface area contributed by atoms with Crippen LogP contribution < -0.4 is 10.6 Å². The summed E-state index contributed by atoms with van der Waals surface area (Å²) in [5.74, 6) is -0.0635. The molecule has 0 spiro atoms. The van der Waals surface area contributed by atoms with E-state index < -0.39 is 5.82 Å². The van der Waals surface area contributed by atoms with Gasteiger partial charge in [-0.2, -0.15) is 0 Å². The molecule has 0 saturated heterocycles. The van der Waals surface area contributed by atoms with Crippen molar-refractivity contribution in [2.45, 2.75) is 44.7 Å². The maximum Gasteiger partial charge on any atom is 0.217 e. The van der Waals surface area contributed by atoms with Crippen LogP contribution in [0, 0.1) is 5.82 Å². The van der Waals surface area contributed by atoms with Crippen LogP contribution in [0.1, 0.15) is 33.1 Å². The third kappa shape index (κ3) is 3.64. The maximum absolute atomic E-state index is 14.3. The molecule has 2 unspecified atom stereocenters. The molecule has 1 aliphatic rings. The fourth-order valence-electron chi connectivity index (χ4n) is 3.86. The van der Waals surface area contributed by atoms with Crippen LogP contribution in [0.15, 0.2) is 24.7 Å². The highest BCUT2D eigenvalue weighted by Gasteiger charge is 2.36. The van der Waals surface area contributed by atoms with Gasteiger partial charge >= 0.3 is 0 Å². The van der Waals surface area contributed by atoms with Gasteiger partial charge in [0.25, 0.3) is 0 Å². The molecule has 0 aliphatic heterocycles. The number of nitrogens with one attached hydrogen (secondary N) is 3. The monoisotopic (exact) mass is 402 g/mol. The number of aromatic amines is 1. The molecule has 1 amide bonds. The Kier molecular flexibility index (Phi) is 4.66. The van der Waals surface area contributed by atoms with Gasteiger partial charge in [0.15, 0.2) is 17.5 Å². The van der Waals surface area contributed by atoms with Crippen LogP contribution in [0.25, 0.3) is 22.4 Å². The second-order valence-electron chi connectivity index (χ2n) is 7.47. The van der Waals surface area contributed by atoms with Crippen molar-refractivity contribution in [3.63, 3.8) is 0 Å². The highest BCUT2D eigenvalue weighted by molar-refractivity contribution is 6.31. The number of anilines is 1. The van der Waals surface area contributed by atoms with Gasteiger partial charge in [0.2, 0.25) is 5.91 Å². The van der Waals surface area contributed by atoms with Crippen LogP contribution in [-0.4, -0.2) is 37.4 Å². The van der Waals surface area contributed by atoms with E-state index in [9.17, 15) is 9.18 Å². The van der Waals surface area contributed by atoms with Gasteiger partial charge in [-0.05, 0) is 32.3 Å². The molecule has 1 saturated carbocycles. The van der Waals surface area contributed by atoms with E-state index in [4.69, 9.17) is 11.6 Å². The zero-order valence-corrected chi connectivity index (χ0v) is 16.3. The fraction of sp³-hybridized carbons (Fsp3) is 0.368. The first-order chi connectivity index (χ1) is 13.3. The van der Waals surface area contributed by atoms with Gasteiger partial charge in [-0.1, -0.05) is 11.6 Å². The molecule has 146 valence electrons. The van der Waals surface area contributed by atoms with Crippen molar-refractivity contribution in [3.8, 4) is 11.4 Å². The quantitative estimate of drug-likeness (QED) is 0.618. The Morgan fingerprint density at radius 1 is 1.39 bits per heavy atom. The van der Waals surface area contributed by atoms with Crippen molar-refractivity contribution in [1.29, 1.82) is 0 Å². The smallest absolute Gasteiger partial charge is 0.217 e. The summed E-state index contributed by atoms with van der Waals surface area (Å²) in [5, 5.41) is 7.41. The third-order valence-electron chi connectivity index (χ3n) is 5.04. The van der Waals surface area contributed by atoms with Gasteiger partial charge in [0, 0.05) is 41.8 Å². The van der Waals surface area contributed by atoms with Crippen LogP contribution in [0.3, 0.4) is 0 Å². The molecule has 1 fully saturated rings. The van der Waals surface area contributed by atoms with Crippen LogP contribution in [0.5, 0.6) is 0 Å². The summed E-state index contributed by atoms with van der Waals surface area (Å²) in [6, 6.07) is 1.78. The predicted octanol–water partition coefficient (Wildman–Crippen LogP) is 3.67. The Hall–Kier alpha value is -2.74. The van der Waals surface area contributed by atoms with Gasteiger partial charge in [0.1, 0.15) is 5.65 Å². The summed E-state index contributed by atoms with van der Waals surface area (Å²) in [7, 11) is 0. The molecule has 3 aromatic rings. The normalized spacial score (nSPS) is 21.8.